The van der Waals surface area contributed by atoms with E-state index < -0.39 is 11.6 Å². The summed E-state index contributed by atoms with van der Waals surface area (Å²) in [4.78, 5) is 0. The predicted molar refractivity (Wildman–Crippen MR) is 59.7 cm³/mol. The highest BCUT2D eigenvalue weighted by Gasteiger charge is 2.59. The van der Waals surface area contributed by atoms with Gasteiger partial charge < -0.3 is 0 Å². The smallest absolute Gasteiger partial charge is 0.170 e. The lowest BCUT2D eigenvalue weighted by molar-refractivity contribution is -0.174. The van der Waals surface area contributed by atoms with E-state index in [2.05, 4.69) is 0 Å². The molecule has 0 radical (unpaired) electrons. The Bertz CT molecular complexity index is 549. The summed E-state index contributed by atoms with van der Waals surface area (Å²) in [6.07, 6.45) is -0.968. The third-order valence-corrected chi connectivity index (χ3v) is 3.62. The monoisotopic (exact) mass is 236 g/mol. The quantitative estimate of drug-likeness (QED) is 0.689. The number of fused-ring (bicyclic) bond motifs is 1. The highest BCUT2D eigenvalue weighted by atomic mass is 19.4. The van der Waals surface area contributed by atoms with Gasteiger partial charge in [-0.05, 0) is 35.6 Å². The molecule has 1 unspecified atom stereocenters. The minimum atomic E-state index is -4.24. The number of rotatable bonds is 1. The largest absolute Gasteiger partial charge is 0.402 e. The van der Waals surface area contributed by atoms with E-state index in [4.69, 9.17) is 0 Å². The summed E-state index contributed by atoms with van der Waals surface area (Å²) < 4.78 is 40.2. The standard InChI is InChI=1S/C14H11F3/c1-9-4-2-3-5-12(9)13(14(15,16)17)7-10-6-11(10)8-13/h2-7H,8H2,1H3. The Morgan fingerprint density at radius 3 is 2.41 bits per heavy atom. The molecule has 0 saturated carbocycles. The van der Waals surface area contributed by atoms with Crippen molar-refractivity contribution in [3.63, 3.8) is 0 Å². The third-order valence-electron chi connectivity index (χ3n) is 3.62. The molecule has 0 bridgehead atoms. The number of benzene rings is 1. The maximum atomic E-state index is 13.4. The Kier molecular flexibility index (Phi) is 1.90. The van der Waals surface area contributed by atoms with Crippen LogP contribution in [0.4, 0.5) is 13.2 Å². The Balaban J connectivity index is 2.17. The average Bonchev–Trinajstić information content (AvgIpc) is 2.85. The summed E-state index contributed by atoms with van der Waals surface area (Å²) in [5.74, 6) is 0. The minimum absolute atomic E-state index is 0.0662. The van der Waals surface area contributed by atoms with Crippen molar-refractivity contribution in [1.82, 2.24) is 0 Å². The fourth-order valence-electron chi connectivity index (χ4n) is 2.64. The van der Waals surface area contributed by atoms with Gasteiger partial charge in [-0.15, -0.1) is 0 Å². The summed E-state index contributed by atoms with van der Waals surface area (Å²) in [7, 11) is 0. The Hall–Kier alpha value is -1.51. The second-order valence-electron chi connectivity index (χ2n) is 4.73. The second-order valence-corrected chi connectivity index (χ2v) is 4.73. The van der Waals surface area contributed by atoms with Crippen LogP contribution in [-0.2, 0) is 5.41 Å². The molecular formula is C14H11F3. The Morgan fingerprint density at radius 2 is 1.88 bits per heavy atom. The molecule has 0 fully saturated rings. The van der Waals surface area contributed by atoms with Crippen molar-refractivity contribution in [3.8, 4) is 0 Å². The molecule has 0 spiro atoms. The third kappa shape index (κ3) is 1.38. The number of hydrogen-bond donors (Lipinski definition) is 0. The molecular weight excluding hydrogens is 225 g/mol. The molecule has 0 aliphatic heterocycles. The normalized spacial score (nSPS) is 26.4. The van der Waals surface area contributed by atoms with Crippen molar-refractivity contribution in [2.24, 2.45) is 0 Å². The molecule has 0 heterocycles. The van der Waals surface area contributed by atoms with E-state index in [1.807, 2.05) is 6.08 Å². The Labute approximate surface area is 97.5 Å². The van der Waals surface area contributed by atoms with E-state index in [9.17, 15) is 13.2 Å². The van der Waals surface area contributed by atoms with E-state index in [-0.39, 0.29) is 6.42 Å². The van der Waals surface area contributed by atoms with Gasteiger partial charge in [-0.1, -0.05) is 36.4 Å². The molecule has 88 valence electrons. The van der Waals surface area contributed by atoms with Crippen LogP contribution in [-0.4, -0.2) is 6.18 Å². The molecule has 1 aromatic rings. The lowest BCUT2D eigenvalue weighted by Crippen LogP contribution is -2.39. The van der Waals surface area contributed by atoms with Crippen LogP contribution in [0, 0.1) is 6.92 Å². The predicted octanol–water partition coefficient (Wildman–Crippen LogP) is 4.07. The summed E-state index contributed by atoms with van der Waals surface area (Å²) in [5.41, 5.74) is 0.922. The van der Waals surface area contributed by atoms with Crippen molar-refractivity contribution in [1.29, 1.82) is 0 Å². The maximum absolute atomic E-state index is 13.4. The first-order valence-electron chi connectivity index (χ1n) is 5.51. The number of aryl methyl sites for hydroxylation is 1. The first kappa shape index (κ1) is 10.6. The van der Waals surface area contributed by atoms with Crippen LogP contribution >= 0.6 is 0 Å². The van der Waals surface area contributed by atoms with Gasteiger partial charge in [0.25, 0.3) is 0 Å². The average molecular weight is 236 g/mol. The van der Waals surface area contributed by atoms with Crippen molar-refractivity contribution in [2.75, 3.05) is 0 Å². The van der Waals surface area contributed by atoms with Crippen LogP contribution in [0.25, 0.3) is 0 Å². The minimum Gasteiger partial charge on any atom is -0.170 e. The van der Waals surface area contributed by atoms with Gasteiger partial charge in [0.2, 0.25) is 0 Å². The molecule has 0 nitrogen and oxygen atoms in total. The van der Waals surface area contributed by atoms with E-state index in [0.29, 0.717) is 11.1 Å². The van der Waals surface area contributed by atoms with Gasteiger partial charge in [-0.2, -0.15) is 13.2 Å². The highest BCUT2D eigenvalue weighted by molar-refractivity contribution is 5.66. The van der Waals surface area contributed by atoms with E-state index in [1.54, 1.807) is 31.2 Å². The zero-order valence-electron chi connectivity index (χ0n) is 9.31. The lowest BCUT2D eigenvalue weighted by Gasteiger charge is -2.32. The van der Waals surface area contributed by atoms with Gasteiger partial charge in [0.05, 0.1) is 0 Å². The summed E-state index contributed by atoms with van der Waals surface area (Å²) >= 11 is 0. The van der Waals surface area contributed by atoms with Gasteiger partial charge in [0, 0.05) is 0 Å². The molecule has 0 N–H and O–H groups in total. The van der Waals surface area contributed by atoms with Gasteiger partial charge in [-0.25, -0.2) is 0 Å². The lowest BCUT2D eigenvalue weighted by atomic mass is 9.76. The van der Waals surface area contributed by atoms with Crippen molar-refractivity contribution >= 4 is 0 Å². The second kappa shape index (κ2) is 3.03. The summed E-state index contributed by atoms with van der Waals surface area (Å²) in [6, 6.07) is 6.77. The van der Waals surface area contributed by atoms with Crippen molar-refractivity contribution in [2.45, 2.75) is 24.9 Å². The van der Waals surface area contributed by atoms with Crippen LogP contribution in [0.3, 0.4) is 0 Å². The van der Waals surface area contributed by atoms with E-state index >= 15 is 0 Å². The molecule has 0 saturated heterocycles. The van der Waals surface area contributed by atoms with Crippen molar-refractivity contribution < 1.29 is 13.2 Å². The number of allylic oxidation sites excluding steroid dienone is 4. The molecule has 2 aliphatic carbocycles. The summed E-state index contributed by atoms with van der Waals surface area (Å²) in [6.45, 7) is 1.74. The fraction of sp³-hybridized carbons (Fsp3) is 0.286. The van der Waals surface area contributed by atoms with Gasteiger partial charge in [0.1, 0.15) is 5.41 Å². The van der Waals surface area contributed by atoms with Crippen LogP contribution < -0.4 is 0 Å². The van der Waals surface area contributed by atoms with Gasteiger partial charge in [0.15, 0.2) is 0 Å². The first-order valence-corrected chi connectivity index (χ1v) is 5.51. The number of halogens is 3. The molecule has 3 rings (SSSR count). The van der Waals surface area contributed by atoms with Gasteiger partial charge in [-0.3, -0.25) is 0 Å². The number of alkyl halides is 3. The molecule has 3 heteroatoms. The zero-order chi connectivity index (χ0) is 12.3. The van der Waals surface area contributed by atoms with Crippen LogP contribution in [0.5, 0.6) is 0 Å². The molecule has 0 aromatic heterocycles. The van der Waals surface area contributed by atoms with Crippen LogP contribution in [0.2, 0.25) is 0 Å². The molecule has 17 heavy (non-hydrogen) atoms. The first-order chi connectivity index (χ1) is 7.94. The number of hydrogen-bond acceptors (Lipinski definition) is 0. The molecule has 2 aliphatic rings. The van der Waals surface area contributed by atoms with Crippen LogP contribution in [0.15, 0.2) is 47.6 Å². The fourth-order valence-corrected chi connectivity index (χ4v) is 2.64. The van der Waals surface area contributed by atoms with Crippen LogP contribution in [0.1, 0.15) is 17.5 Å². The molecule has 1 aromatic carbocycles. The summed E-state index contributed by atoms with van der Waals surface area (Å²) in [5, 5.41) is 0. The zero-order valence-corrected chi connectivity index (χ0v) is 9.31. The highest BCUT2D eigenvalue weighted by Crippen LogP contribution is 2.57. The van der Waals surface area contributed by atoms with E-state index in [1.165, 1.54) is 6.08 Å². The topological polar surface area (TPSA) is 0 Å². The molecule has 1 atom stereocenters. The Morgan fingerprint density at radius 1 is 1.18 bits per heavy atom. The SMILES string of the molecule is Cc1ccccc1C1(C(F)(F)F)C=C2C=C2C1. The maximum Gasteiger partial charge on any atom is 0.402 e. The van der Waals surface area contributed by atoms with Gasteiger partial charge >= 0.3 is 6.18 Å². The van der Waals surface area contributed by atoms with E-state index in [0.717, 1.165) is 11.1 Å². The molecule has 0 amide bonds. The van der Waals surface area contributed by atoms with Crippen molar-refractivity contribution in [3.05, 3.63) is 58.7 Å².